The zero-order valence-corrected chi connectivity index (χ0v) is 19.0. The molecule has 1 heterocycles. The van der Waals surface area contributed by atoms with Gasteiger partial charge in [0.25, 0.3) is 5.91 Å². The van der Waals surface area contributed by atoms with Crippen LogP contribution in [0.2, 0.25) is 0 Å². The highest BCUT2D eigenvalue weighted by Crippen LogP contribution is 2.32. The zero-order chi connectivity index (χ0) is 20.8. The summed E-state index contributed by atoms with van der Waals surface area (Å²) in [5.74, 6) is 0.778. The topological polar surface area (TPSA) is 45.7 Å². The Morgan fingerprint density at radius 3 is 2.62 bits per heavy atom. The Morgan fingerprint density at radius 2 is 1.93 bits per heavy atom. The van der Waals surface area contributed by atoms with Crippen LogP contribution in [0.25, 0.3) is 10.2 Å². The quantitative estimate of drug-likeness (QED) is 0.447. The van der Waals surface area contributed by atoms with Crippen molar-refractivity contribution in [3.63, 3.8) is 0 Å². The summed E-state index contributed by atoms with van der Waals surface area (Å²) in [7, 11) is 1.65. The summed E-state index contributed by atoms with van der Waals surface area (Å²) in [6.45, 7) is 7.60. The molecule has 0 atom stereocenters. The minimum atomic E-state index is -0.0147. The number of fused-ring (bicyclic) bond motifs is 1. The number of carbonyl (C=O) groups is 1. The van der Waals surface area contributed by atoms with Gasteiger partial charge in [-0.3, -0.25) is 9.69 Å². The molecule has 1 aromatic heterocycles. The largest absolute Gasteiger partial charge is 0.497 e. The van der Waals surface area contributed by atoms with Crippen LogP contribution in [0.15, 0.2) is 47.4 Å². The summed E-state index contributed by atoms with van der Waals surface area (Å²) >= 11 is 3.16. The lowest BCUT2D eigenvalue weighted by Gasteiger charge is -2.24. The number of rotatable bonds is 9. The van der Waals surface area contributed by atoms with Crippen LogP contribution in [0.5, 0.6) is 5.75 Å². The summed E-state index contributed by atoms with van der Waals surface area (Å²) in [5.41, 5.74) is 1.57. The van der Waals surface area contributed by atoms with E-state index in [1.807, 2.05) is 53.6 Å². The molecule has 0 spiro atoms. The maximum atomic E-state index is 13.4. The average Bonchev–Trinajstić information content (AvgIpc) is 3.19. The van der Waals surface area contributed by atoms with E-state index in [4.69, 9.17) is 9.72 Å². The van der Waals surface area contributed by atoms with Gasteiger partial charge in [0.15, 0.2) is 5.13 Å². The molecule has 154 valence electrons. The molecule has 0 saturated heterocycles. The van der Waals surface area contributed by atoms with Gasteiger partial charge in [0.1, 0.15) is 5.75 Å². The zero-order valence-electron chi connectivity index (χ0n) is 17.3. The van der Waals surface area contributed by atoms with Crippen molar-refractivity contribution in [2.45, 2.75) is 18.7 Å². The molecule has 0 bridgehead atoms. The second kappa shape index (κ2) is 10.1. The van der Waals surface area contributed by atoms with Crippen LogP contribution in [0.3, 0.4) is 0 Å². The fourth-order valence-corrected chi connectivity index (χ4v) is 4.59. The first-order valence-corrected chi connectivity index (χ1v) is 11.8. The van der Waals surface area contributed by atoms with Crippen molar-refractivity contribution >= 4 is 44.4 Å². The number of thioether (sulfide) groups is 1. The average molecular weight is 430 g/mol. The lowest BCUT2D eigenvalue weighted by molar-refractivity contribution is 0.0983. The Balaban J connectivity index is 1.96. The number of hydrogen-bond donors (Lipinski definition) is 0. The Labute approximate surface area is 180 Å². The maximum Gasteiger partial charge on any atom is 0.260 e. The number of ether oxygens (including phenoxy) is 1. The molecule has 0 N–H and O–H groups in total. The van der Waals surface area contributed by atoms with E-state index in [1.165, 1.54) is 11.3 Å². The molecule has 3 rings (SSSR count). The van der Waals surface area contributed by atoms with Crippen LogP contribution in [-0.2, 0) is 0 Å². The normalized spacial score (nSPS) is 11.2. The first kappa shape index (κ1) is 21.6. The predicted molar refractivity (Wildman–Crippen MR) is 124 cm³/mol. The second-order valence-corrected chi connectivity index (χ2v) is 8.43. The van der Waals surface area contributed by atoms with Gasteiger partial charge in [-0.2, -0.15) is 0 Å². The van der Waals surface area contributed by atoms with Gasteiger partial charge in [0.05, 0.1) is 17.3 Å². The standard InChI is InChI=1S/C22H27N3O2S2/c1-5-24(6-2)12-13-25(21(26)16-8-7-9-18(14-16)28-4)22-23-19-11-10-17(27-3)15-20(19)29-22/h7-11,14-15H,5-6,12-13H2,1-4H3. The van der Waals surface area contributed by atoms with Crippen LogP contribution >= 0.6 is 23.1 Å². The van der Waals surface area contributed by atoms with Gasteiger partial charge in [0.2, 0.25) is 0 Å². The van der Waals surface area contributed by atoms with E-state index in [-0.39, 0.29) is 5.91 Å². The van der Waals surface area contributed by atoms with Crippen molar-refractivity contribution in [3.05, 3.63) is 48.0 Å². The highest BCUT2D eigenvalue weighted by molar-refractivity contribution is 7.98. The van der Waals surface area contributed by atoms with E-state index in [1.54, 1.807) is 18.9 Å². The monoisotopic (exact) mass is 429 g/mol. The van der Waals surface area contributed by atoms with Gasteiger partial charge in [-0.1, -0.05) is 31.3 Å². The molecule has 1 amide bonds. The molecule has 0 aliphatic carbocycles. The number of benzene rings is 2. The van der Waals surface area contributed by atoms with E-state index in [2.05, 4.69) is 18.7 Å². The summed E-state index contributed by atoms with van der Waals surface area (Å²) in [6.07, 6.45) is 2.02. The van der Waals surface area contributed by atoms with Crippen LogP contribution in [0, 0.1) is 0 Å². The molecule has 0 saturated carbocycles. The van der Waals surface area contributed by atoms with E-state index in [9.17, 15) is 4.79 Å². The van der Waals surface area contributed by atoms with Crippen LogP contribution in [0.4, 0.5) is 5.13 Å². The molecule has 0 aliphatic heterocycles. The highest BCUT2D eigenvalue weighted by atomic mass is 32.2. The van der Waals surface area contributed by atoms with Gasteiger partial charge in [-0.05, 0) is 55.7 Å². The van der Waals surface area contributed by atoms with E-state index < -0.39 is 0 Å². The summed E-state index contributed by atoms with van der Waals surface area (Å²) in [6, 6.07) is 13.6. The number of anilines is 1. The van der Waals surface area contributed by atoms with Crippen molar-refractivity contribution in [1.82, 2.24) is 9.88 Å². The molecule has 0 unspecified atom stereocenters. The van der Waals surface area contributed by atoms with Crippen LogP contribution in [0.1, 0.15) is 24.2 Å². The number of thiazole rings is 1. The highest BCUT2D eigenvalue weighted by Gasteiger charge is 2.22. The predicted octanol–water partition coefficient (Wildman–Crippen LogP) is 5.02. The number of aromatic nitrogens is 1. The van der Waals surface area contributed by atoms with Crippen LogP contribution < -0.4 is 9.64 Å². The van der Waals surface area contributed by atoms with E-state index in [0.29, 0.717) is 12.1 Å². The summed E-state index contributed by atoms with van der Waals surface area (Å²) in [5, 5.41) is 0.722. The lowest BCUT2D eigenvalue weighted by Crippen LogP contribution is -2.38. The Kier molecular flexibility index (Phi) is 7.52. The maximum absolute atomic E-state index is 13.4. The molecule has 0 aliphatic rings. The van der Waals surface area contributed by atoms with Gasteiger partial charge >= 0.3 is 0 Å². The molecule has 2 aromatic carbocycles. The molecule has 29 heavy (non-hydrogen) atoms. The van der Waals surface area contributed by atoms with Crippen molar-refractivity contribution in [2.24, 2.45) is 0 Å². The van der Waals surface area contributed by atoms with Gasteiger partial charge in [-0.25, -0.2) is 4.98 Å². The third-order valence-corrected chi connectivity index (χ3v) is 6.68. The van der Waals surface area contributed by atoms with Crippen molar-refractivity contribution < 1.29 is 9.53 Å². The fraction of sp³-hybridized carbons (Fsp3) is 0.364. The molecule has 5 nitrogen and oxygen atoms in total. The van der Waals surface area contributed by atoms with Crippen molar-refractivity contribution in [2.75, 3.05) is 44.4 Å². The van der Waals surface area contributed by atoms with Gasteiger partial charge in [-0.15, -0.1) is 11.8 Å². The third kappa shape index (κ3) is 5.10. The minimum Gasteiger partial charge on any atom is -0.497 e. The third-order valence-electron chi connectivity index (χ3n) is 4.91. The van der Waals surface area contributed by atoms with Crippen LogP contribution in [-0.4, -0.2) is 55.3 Å². The van der Waals surface area contributed by atoms with Gasteiger partial charge in [0, 0.05) is 23.5 Å². The fourth-order valence-electron chi connectivity index (χ4n) is 3.11. The summed E-state index contributed by atoms with van der Waals surface area (Å²) in [4.78, 5) is 23.4. The first-order chi connectivity index (χ1) is 14.1. The number of likely N-dealkylation sites (N-methyl/N-ethyl adjacent to an activating group) is 1. The number of amides is 1. The number of methoxy groups -OCH3 is 1. The van der Waals surface area contributed by atoms with Crippen molar-refractivity contribution in [3.8, 4) is 5.75 Å². The molecular formula is C22H27N3O2S2. The number of nitrogens with zero attached hydrogens (tertiary/aromatic N) is 3. The molecule has 0 radical (unpaired) electrons. The smallest absolute Gasteiger partial charge is 0.260 e. The molecule has 3 aromatic rings. The number of hydrogen-bond acceptors (Lipinski definition) is 6. The Bertz CT molecular complexity index is 970. The second-order valence-electron chi connectivity index (χ2n) is 6.55. The molecule has 7 heteroatoms. The Hall–Kier alpha value is -2.09. The van der Waals surface area contributed by atoms with Gasteiger partial charge < -0.3 is 9.64 Å². The summed E-state index contributed by atoms with van der Waals surface area (Å²) < 4.78 is 6.34. The SMILES string of the molecule is CCN(CC)CCN(C(=O)c1cccc(SC)c1)c1nc2ccc(OC)cc2s1. The minimum absolute atomic E-state index is 0.0147. The first-order valence-electron chi connectivity index (χ1n) is 9.72. The molecular weight excluding hydrogens is 402 g/mol. The van der Waals surface area contributed by atoms with E-state index >= 15 is 0 Å². The van der Waals surface area contributed by atoms with Crippen molar-refractivity contribution in [1.29, 1.82) is 0 Å². The van der Waals surface area contributed by atoms with E-state index in [0.717, 1.165) is 45.6 Å². The number of carbonyl (C=O) groups excluding carboxylic acids is 1. The Morgan fingerprint density at radius 1 is 1.14 bits per heavy atom. The lowest BCUT2D eigenvalue weighted by atomic mass is 10.2. The molecule has 0 fully saturated rings.